The summed E-state index contributed by atoms with van der Waals surface area (Å²) in [6.45, 7) is 11.4. The Morgan fingerprint density at radius 1 is 0.923 bits per heavy atom. The van der Waals surface area contributed by atoms with Crippen molar-refractivity contribution < 1.29 is 15.0 Å². The summed E-state index contributed by atoms with van der Waals surface area (Å²) < 4.78 is 0. The molecule has 0 fully saturated rings. The number of amides is 1. The topological polar surface area (TPSA) is 60.8 Å². The Hall–Kier alpha value is -1.71. The summed E-state index contributed by atoms with van der Waals surface area (Å²) in [4.78, 5) is 11.6. The first-order chi connectivity index (χ1) is 12.3. The minimum absolute atomic E-state index is 0.288. The van der Waals surface area contributed by atoms with Crippen molar-refractivity contribution in [2.75, 3.05) is 13.6 Å². The van der Waals surface area contributed by atoms with E-state index in [0.29, 0.717) is 11.5 Å². The molecule has 0 aliphatic carbocycles. The highest BCUT2D eigenvalue weighted by Gasteiger charge is 2.16. The third-order valence-corrected chi connectivity index (χ3v) is 4.73. The molecule has 0 aliphatic heterocycles. The largest absolute Gasteiger partial charge is 0.508 e. The van der Waals surface area contributed by atoms with Gasteiger partial charge in [0.15, 0.2) is 0 Å². The zero-order valence-electron chi connectivity index (χ0n) is 17.6. The summed E-state index contributed by atoms with van der Waals surface area (Å²) in [7, 11) is 1.79. The first kappa shape index (κ1) is 24.3. The number of phenolic OH excluding ortho intramolecular Hbond substituents is 2. The van der Waals surface area contributed by atoms with Crippen LogP contribution in [0.4, 0.5) is 0 Å². The Labute approximate surface area is 160 Å². The van der Waals surface area contributed by atoms with Crippen molar-refractivity contribution in [1.29, 1.82) is 0 Å². The zero-order valence-corrected chi connectivity index (χ0v) is 17.6. The Morgan fingerprint density at radius 2 is 1.35 bits per heavy atom. The summed E-state index contributed by atoms with van der Waals surface area (Å²) in [5.74, 6) is 1.23. The van der Waals surface area contributed by atoms with Crippen LogP contribution in [0, 0.1) is 0 Å². The van der Waals surface area contributed by atoms with Crippen LogP contribution in [0.1, 0.15) is 96.1 Å². The van der Waals surface area contributed by atoms with Gasteiger partial charge in [0, 0.05) is 24.7 Å². The number of nitrogens with zero attached hydrogens (tertiary/aromatic N) is 1. The second-order valence-electron chi connectivity index (χ2n) is 7.29. The van der Waals surface area contributed by atoms with Crippen molar-refractivity contribution in [2.45, 2.75) is 85.0 Å². The number of unbranched alkanes of at least 4 members (excludes halogenated alkanes) is 1. The monoisotopic (exact) mass is 365 g/mol. The van der Waals surface area contributed by atoms with E-state index in [1.165, 1.54) is 0 Å². The third-order valence-electron chi connectivity index (χ3n) is 4.73. The van der Waals surface area contributed by atoms with Crippen LogP contribution in [0.15, 0.2) is 12.1 Å². The van der Waals surface area contributed by atoms with Crippen LogP contribution >= 0.6 is 0 Å². The van der Waals surface area contributed by atoms with Crippen LogP contribution in [0.5, 0.6) is 11.5 Å². The molecule has 2 atom stereocenters. The number of benzene rings is 1. The van der Waals surface area contributed by atoms with Gasteiger partial charge in [-0.25, -0.2) is 0 Å². The molecule has 1 rings (SSSR count). The first-order valence-corrected chi connectivity index (χ1v) is 10.0. The van der Waals surface area contributed by atoms with E-state index in [1.54, 1.807) is 24.1 Å². The van der Waals surface area contributed by atoms with Gasteiger partial charge in [0.1, 0.15) is 11.5 Å². The molecule has 0 saturated heterocycles. The highest BCUT2D eigenvalue weighted by atomic mass is 16.3. The summed E-state index contributed by atoms with van der Waals surface area (Å²) >= 11 is 0. The van der Waals surface area contributed by atoms with Crippen molar-refractivity contribution in [1.82, 2.24) is 4.90 Å². The molecule has 0 heterocycles. The van der Waals surface area contributed by atoms with E-state index in [9.17, 15) is 15.0 Å². The molecule has 0 aliphatic rings. The van der Waals surface area contributed by atoms with E-state index in [1.807, 2.05) is 0 Å². The fraction of sp³-hybridized carbons (Fsp3) is 0.682. The molecule has 1 aromatic rings. The van der Waals surface area contributed by atoms with Gasteiger partial charge in [-0.1, -0.05) is 53.9 Å². The molecule has 1 amide bonds. The van der Waals surface area contributed by atoms with Gasteiger partial charge in [-0.05, 0) is 43.2 Å². The van der Waals surface area contributed by atoms with Gasteiger partial charge in [-0.2, -0.15) is 0 Å². The molecular weight excluding hydrogens is 326 g/mol. The molecule has 0 bridgehead atoms. The number of hydrogen-bond acceptors (Lipinski definition) is 3. The molecule has 1 aromatic carbocycles. The van der Waals surface area contributed by atoms with E-state index in [0.717, 1.165) is 62.6 Å². The highest BCUT2D eigenvalue weighted by Crippen LogP contribution is 2.38. The van der Waals surface area contributed by atoms with E-state index >= 15 is 0 Å². The average Bonchev–Trinajstić information content (AvgIpc) is 2.62. The highest BCUT2D eigenvalue weighted by molar-refractivity contribution is 5.48. The third kappa shape index (κ3) is 8.59. The predicted molar refractivity (Wildman–Crippen MR) is 110 cm³/mol. The molecule has 4 heteroatoms. The average molecular weight is 366 g/mol. The van der Waals surface area contributed by atoms with Crippen molar-refractivity contribution >= 4 is 6.41 Å². The number of carbonyl (C=O) groups is 1. The lowest BCUT2D eigenvalue weighted by Gasteiger charge is -2.18. The zero-order chi connectivity index (χ0) is 20.1. The van der Waals surface area contributed by atoms with Crippen LogP contribution in [0.2, 0.25) is 0 Å². The van der Waals surface area contributed by atoms with Crippen molar-refractivity contribution in [3.05, 3.63) is 23.3 Å². The predicted octanol–water partition coefficient (Wildman–Crippen LogP) is 5.78. The lowest BCUT2D eigenvalue weighted by molar-refractivity contribution is -0.117. The van der Waals surface area contributed by atoms with Gasteiger partial charge in [0.2, 0.25) is 6.41 Å². The number of carbonyl (C=O) groups excluding carboxylic acids is 1. The van der Waals surface area contributed by atoms with Gasteiger partial charge < -0.3 is 15.1 Å². The molecular formula is C22H39NO3. The van der Waals surface area contributed by atoms with Gasteiger partial charge in [-0.15, -0.1) is 0 Å². The molecule has 0 saturated carbocycles. The Kier molecular flexibility index (Phi) is 12.6. The number of aromatic hydroxyl groups is 2. The molecule has 0 radical (unpaired) electrons. The normalized spacial score (nSPS) is 12.7. The van der Waals surface area contributed by atoms with E-state index in [2.05, 4.69) is 34.6 Å². The van der Waals surface area contributed by atoms with Crippen molar-refractivity contribution in [3.63, 3.8) is 0 Å². The van der Waals surface area contributed by atoms with Crippen LogP contribution in [-0.4, -0.2) is 35.1 Å². The summed E-state index contributed by atoms with van der Waals surface area (Å²) in [6.07, 6.45) is 7.32. The molecule has 0 aromatic heterocycles. The quantitative estimate of drug-likeness (QED) is 0.408. The van der Waals surface area contributed by atoms with Crippen LogP contribution in [0.25, 0.3) is 0 Å². The minimum Gasteiger partial charge on any atom is -0.508 e. The van der Waals surface area contributed by atoms with Gasteiger partial charge in [0.05, 0.1) is 0 Å². The van der Waals surface area contributed by atoms with Gasteiger partial charge in [0.25, 0.3) is 0 Å². The maximum Gasteiger partial charge on any atom is 0.209 e. The van der Waals surface area contributed by atoms with Crippen molar-refractivity contribution in [2.24, 2.45) is 0 Å². The number of rotatable bonds is 10. The van der Waals surface area contributed by atoms with E-state index in [4.69, 9.17) is 0 Å². The summed E-state index contributed by atoms with van der Waals surface area (Å²) in [5.41, 5.74) is 1.73. The fourth-order valence-corrected chi connectivity index (χ4v) is 3.04. The molecule has 4 nitrogen and oxygen atoms in total. The summed E-state index contributed by atoms with van der Waals surface area (Å²) in [6, 6.07) is 3.49. The minimum atomic E-state index is 0.288. The lowest BCUT2D eigenvalue weighted by atomic mass is 9.90. The van der Waals surface area contributed by atoms with Crippen LogP contribution in [-0.2, 0) is 4.79 Å². The summed E-state index contributed by atoms with van der Waals surface area (Å²) in [5, 5.41) is 20.2. The number of hydrogen-bond donors (Lipinski definition) is 2. The van der Waals surface area contributed by atoms with Gasteiger partial charge in [-0.3, -0.25) is 4.79 Å². The molecule has 2 unspecified atom stereocenters. The Morgan fingerprint density at radius 3 is 1.65 bits per heavy atom. The SMILES string of the molecule is CCCC(C)c1cc(O)c(C(C)CCC)cc1O.CCCCN(C)C=O. The molecule has 26 heavy (non-hydrogen) atoms. The van der Waals surface area contributed by atoms with Gasteiger partial charge >= 0.3 is 0 Å². The molecule has 150 valence electrons. The maximum atomic E-state index is 10.1. The molecule has 2 N–H and O–H groups in total. The lowest BCUT2D eigenvalue weighted by Crippen LogP contribution is -2.16. The van der Waals surface area contributed by atoms with Crippen molar-refractivity contribution in [3.8, 4) is 11.5 Å². The van der Waals surface area contributed by atoms with E-state index < -0.39 is 0 Å². The Bertz CT molecular complexity index is 479. The van der Waals surface area contributed by atoms with Crippen LogP contribution in [0.3, 0.4) is 0 Å². The molecule has 0 spiro atoms. The maximum absolute atomic E-state index is 10.1. The van der Waals surface area contributed by atoms with Crippen LogP contribution < -0.4 is 0 Å². The Balaban J connectivity index is 0.000000660. The first-order valence-electron chi connectivity index (χ1n) is 10.0. The smallest absolute Gasteiger partial charge is 0.209 e. The van der Waals surface area contributed by atoms with E-state index in [-0.39, 0.29) is 11.8 Å². The second kappa shape index (κ2) is 13.5. The second-order valence-corrected chi connectivity index (χ2v) is 7.29. The number of phenols is 2. The standard InChI is InChI=1S/C16H26O2.C6H13NO/c1-5-7-11(3)13-9-16(18)14(10-15(13)17)12(4)8-6-2;1-3-4-5-7(2)6-8/h9-12,17-18H,5-8H2,1-4H3;6H,3-5H2,1-2H3. The fourth-order valence-electron chi connectivity index (χ4n) is 3.04.